The van der Waals surface area contributed by atoms with Crippen LogP contribution in [-0.2, 0) is 6.18 Å². The van der Waals surface area contributed by atoms with E-state index >= 15 is 0 Å². The quantitative estimate of drug-likeness (QED) is 0.137. The maximum absolute atomic E-state index is 13.4. The highest BCUT2D eigenvalue weighted by Crippen LogP contribution is 2.32. The third-order valence-electron chi connectivity index (χ3n) is 5.92. The number of hydrogen-bond donors (Lipinski definition) is 4. The molecule has 0 fully saturated rings. The number of H-pyrrole nitrogens is 1. The van der Waals surface area contributed by atoms with Crippen LogP contribution in [0.3, 0.4) is 0 Å². The number of nitrogens with zero attached hydrogens (tertiary/aromatic N) is 1. The van der Waals surface area contributed by atoms with Crippen molar-refractivity contribution in [3.05, 3.63) is 108 Å². The summed E-state index contributed by atoms with van der Waals surface area (Å²) in [6.07, 6.45) is -4.84. The van der Waals surface area contributed by atoms with Crippen LogP contribution in [0.2, 0.25) is 0 Å². The maximum atomic E-state index is 13.4. The van der Waals surface area contributed by atoms with Crippen LogP contribution < -0.4 is 16.0 Å². The average molecular weight is 568 g/mol. The van der Waals surface area contributed by atoms with Crippen molar-refractivity contribution in [3.8, 4) is 11.3 Å². The molecule has 0 saturated heterocycles. The number of halogens is 4. The highest BCUT2D eigenvalue weighted by Gasteiger charge is 2.37. The van der Waals surface area contributed by atoms with Crippen molar-refractivity contribution in [1.82, 2.24) is 9.97 Å². The van der Waals surface area contributed by atoms with Crippen molar-refractivity contribution in [2.24, 2.45) is 0 Å². The van der Waals surface area contributed by atoms with Crippen LogP contribution in [0, 0.1) is 19.7 Å². The lowest BCUT2D eigenvalue weighted by Gasteiger charge is -2.13. The number of benzene rings is 3. The van der Waals surface area contributed by atoms with Crippen LogP contribution in [0.25, 0.3) is 11.3 Å². The number of carbonyl (C=O) groups excluding carboxylic acids is 2. The lowest BCUT2D eigenvalue weighted by molar-refractivity contribution is -0.144. The Bertz CT molecular complexity index is 1550. The van der Waals surface area contributed by atoms with E-state index in [1.165, 1.54) is 18.2 Å². The minimum absolute atomic E-state index is 0.126. The number of aromatic nitrogens is 2. The van der Waals surface area contributed by atoms with Gasteiger partial charge in [-0.25, -0.2) is 9.37 Å². The summed E-state index contributed by atoms with van der Waals surface area (Å²) >= 11 is 0. The van der Waals surface area contributed by atoms with Gasteiger partial charge in [0.1, 0.15) is 17.2 Å². The second kappa shape index (κ2) is 12.9. The summed E-state index contributed by atoms with van der Waals surface area (Å²) in [4.78, 5) is 31.5. The first-order valence-corrected chi connectivity index (χ1v) is 12.5. The summed E-state index contributed by atoms with van der Waals surface area (Å²) in [6.45, 7) is 12.4. The molecule has 0 aliphatic heterocycles. The first kappa shape index (κ1) is 30.6. The third kappa shape index (κ3) is 7.38. The third-order valence-corrected chi connectivity index (χ3v) is 5.92. The average Bonchev–Trinajstić information content (AvgIpc) is 3.40. The summed E-state index contributed by atoms with van der Waals surface area (Å²) in [5, 5.41) is 8.56. The van der Waals surface area contributed by atoms with Gasteiger partial charge >= 0.3 is 6.18 Å². The van der Waals surface area contributed by atoms with Crippen LogP contribution in [0.1, 0.15) is 44.7 Å². The fourth-order valence-electron chi connectivity index (χ4n) is 3.90. The zero-order valence-electron chi connectivity index (χ0n) is 22.7. The Labute approximate surface area is 234 Å². The number of carbonyl (C=O) groups is 2. The molecule has 0 saturated carbocycles. The number of hydrogen-bond acceptors (Lipinski definition) is 4. The van der Waals surface area contributed by atoms with Crippen LogP contribution in [0.15, 0.2) is 73.8 Å². The molecule has 0 spiro atoms. The molecule has 214 valence electrons. The van der Waals surface area contributed by atoms with Crippen molar-refractivity contribution >= 4 is 28.9 Å². The van der Waals surface area contributed by atoms with E-state index < -0.39 is 29.4 Å². The van der Waals surface area contributed by atoms with Crippen molar-refractivity contribution in [2.75, 3.05) is 22.5 Å². The molecule has 41 heavy (non-hydrogen) atoms. The Hall–Kier alpha value is -4.93. The lowest BCUT2D eigenvalue weighted by atomic mass is 10.1. The van der Waals surface area contributed by atoms with E-state index in [-0.39, 0.29) is 22.9 Å². The Kier molecular flexibility index (Phi) is 9.67. The Morgan fingerprint density at radius 2 is 1.56 bits per heavy atom. The van der Waals surface area contributed by atoms with Gasteiger partial charge in [0.25, 0.3) is 11.8 Å². The van der Waals surface area contributed by atoms with E-state index in [4.69, 9.17) is 0 Å². The molecule has 7 nitrogen and oxygen atoms in total. The number of alkyl halides is 3. The molecular weight excluding hydrogens is 538 g/mol. The van der Waals surface area contributed by atoms with Gasteiger partial charge in [-0.3, -0.25) is 9.59 Å². The Morgan fingerprint density at radius 1 is 0.878 bits per heavy atom. The number of imidazole rings is 1. The molecular formula is C30H29F4N5O2. The number of nitrogens with one attached hydrogen (secondary N) is 4. The van der Waals surface area contributed by atoms with Crippen molar-refractivity contribution in [3.63, 3.8) is 0 Å². The van der Waals surface area contributed by atoms with Crippen molar-refractivity contribution in [1.29, 1.82) is 0 Å². The van der Waals surface area contributed by atoms with E-state index in [0.717, 1.165) is 29.9 Å². The predicted octanol–water partition coefficient (Wildman–Crippen LogP) is 7.59. The summed E-state index contributed by atoms with van der Waals surface area (Å²) in [7, 11) is 0. The molecule has 1 heterocycles. The Morgan fingerprint density at radius 3 is 2.17 bits per heavy atom. The molecule has 0 bridgehead atoms. The number of aromatic amines is 1. The SMILES string of the molecule is C=C.CCNc1ccc(C(=O)Nc2cc(NC(=O)c3[nH]c(C(F)(F)F)nc3-c3ccc(F)cc3)ccc2C)cc1C. The highest BCUT2D eigenvalue weighted by molar-refractivity contribution is 6.08. The first-order chi connectivity index (χ1) is 19.5. The maximum Gasteiger partial charge on any atom is 0.449 e. The van der Waals surface area contributed by atoms with Gasteiger partial charge < -0.3 is 20.9 Å². The molecule has 0 radical (unpaired) electrons. The molecule has 4 N–H and O–H groups in total. The number of aryl methyl sites for hydroxylation is 2. The molecule has 0 atom stereocenters. The van der Waals surface area contributed by atoms with Crippen LogP contribution in [0.4, 0.5) is 34.6 Å². The van der Waals surface area contributed by atoms with E-state index in [9.17, 15) is 27.2 Å². The van der Waals surface area contributed by atoms with Gasteiger partial charge in [-0.05, 0) is 86.5 Å². The topological polar surface area (TPSA) is 98.9 Å². The van der Waals surface area contributed by atoms with E-state index in [0.29, 0.717) is 16.8 Å². The fourth-order valence-corrected chi connectivity index (χ4v) is 3.90. The molecule has 4 aromatic rings. The smallest absolute Gasteiger partial charge is 0.385 e. The number of amides is 2. The normalized spacial score (nSPS) is 10.8. The van der Waals surface area contributed by atoms with Crippen LogP contribution in [0.5, 0.6) is 0 Å². The van der Waals surface area contributed by atoms with Crippen LogP contribution in [-0.4, -0.2) is 28.3 Å². The minimum Gasteiger partial charge on any atom is -0.385 e. The van der Waals surface area contributed by atoms with Crippen LogP contribution >= 0.6 is 0 Å². The first-order valence-electron chi connectivity index (χ1n) is 12.5. The lowest BCUT2D eigenvalue weighted by Crippen LogP contribution is -2.16. The van der Waals surface area contributed by atoms with E-state index in [1.807, 2.05) is 24.9 Å². The standard InChI is InChI=1S/C28H25F4N5O2.C2H4/c1-4-33-21-12-8-18(13-16(21)3)25(38)35-22-14-20(11-5-15(22)2)34-26(39)24-23(17-6-9-19(29)10-7-17)36-27(37-24)28(30,31)32;1-2/h5-14,33H,4H2,1-3H3,(H,34,39)(H,35,38)(H,36,37);1-2H2. The van der Waals surface area contributed by atoms with Gasteiger partial charge in [-0.1, -0.05) is 6.07 Å². The van der Waals surface area contributed by atoms with E-state index in [1.54, 1.807) is 31.2 Å². The zero-order valence-corrected chi connectivity index (χ0v) is 22.7. The molecule has 4 rings (SSSR count). The van der Waals surface area contributed by atoms with Gasteiger partial charge in [-0.15, -0.1) is 13.2 Å². The predicted molar refractivity (Wildman–Crippen MR) is 153 cm³/mol. The second-order valence-electron chi connectivity index (χ2n) is 8.81. The summed E-state index contributed by atoms with van der Waals surface area (Å²) in [5.41, 5.74) is 2.99. The monoisotopic (exact) mass is 567 g/mol. The summed E-state index contributed by atoms with van der Waals surface area (Å²) < 4.78 is 53.5. The second-order valence-corrected chi connectivity index (χ2v) is 8.81. The molecule has 3 aromatic carbocycles. The molecule has 11 heteroatoms. The molecule has 2 amide bonds. The molecule has 1 aromatic heterocycles. The number of anilines is 3. The van der Waals surface area contributed by atoms with E-state index in [2.05, 4.69) is 34.1 Å². The molecule has 0 aliphatic carbocycles. The van der Waals surface area contributed by atoms with Crippen molar-refractivity contribution < 1.29 is 27.2 Å². The summed E-state index contributed by atoms with van der Waals surface area (Å²) in [6, 6.07) is 14.5. The zero-order chi connectivity index (χ0) is 30.3. The largest absolute Gasteiger partial charge is 0.449 e. The Balaban J connectivity index is 0.00000226. The van der Waals surface area contributed by atoms with Gasteiger partial charge in [0.15, 0.2) is 0 Å². The van der Waals surface area contributed by atoms with Gasteiger partial charge in [0, 0.05) is 34.7 Å². The van der Waals surface area contributed by atoms with Gasteiger partial charge in [0.2, 0.25) is 5.82 Å². The van der Waals surface area contributed by atoms with Crippen molar-refractivity contribution in [2.45, 2.75) is 26.9 Å². The molecule has 0 aliphatic rings. The highest BCUT2D eigenvalue weighted by atomic mass is 19.4. The summed E-state index contributed by atoms with van der Waals surface area (Å²) in [5.74, 6) is -3.21. The van der Waals surface area contributed by atoms with Gasteiger partial charge in [0.05, 0.1) is 0 Å². The minimum atomic E-state index is -4.84. The number of rotatable bonds is 7. The molecule has 0 unspecified atom stereocenters. The fraction of sp³-hybridized carbons (Fsp3) is 0.167. The van der Waals surface area contributed by atoms with Gasteiger partial charge in [-0.2, -0.15) is 13.2 Å².